The van der Waals surface area contributed by atoms with Gasteiger partial charge in [0.1, 0.15) is 5.82 Å². The maximum absolute atomic E-state index is 13.2. The predicted octanol–water partition coefficient (Wildman–Crippen LogP) is 5.17. The molecule has 0 aliphatic carbocycles. The van der Waals surface area contributed by atoms with Gasteiger partial charge in [0.25, 0.3) is 0 Å². The average Bonchev–Trinajstić information content (AvgIpc) is 2.41. The van der Waals surface area contributed by atoms with Crippen LogP contribution in [-0.4, -0.2) is 4.98 Å². The molecule has 1 aromatic carbocycles. The maximum Gasteiger partial charge on any atom is 0.416 e. The summed E-state index contributed by atoms with van der Waals surface area (Å²) in [6.07, 6.45) is -3.42. The van der Waals surface area contributed by atoms with Gasteiger partial charge in [-0.1, -0.05) is 19.4 Å². The Hall–Kier alpha value is -1.91. The first-order valence-electron chi connectivity index (χ1n) is 6.66. The van der Waals surface area contributed by atoms with Gasteiger partial charge in [-0.25, -0.2) is 4.39 Å². The van der Waals surface area contributed by atoms with Crippen LogP contribution in [0.4, 0.5) is 17.6 Å². The van der Waals surface area contributed by atoms with E-state index in [0.717, 1.165) is 6.07 Å². The Morgan fingerprint density at radius 2 is 1.81 bits per heavy atom. The summed E-state index contributed by atoms with van der Waals surface area (Å²) in [6, 6.07) is 6.68. The lowest BCUT2D eigenvalue weighted by Crippen LogP contribution is -2.09. The highest BCUT2D eigenvalue weighted by Crippen LogP contribution is 2.34. The molecule has 0 bridgehead atoms. The fraction of sp³-hybridized carbons (Fsp3) is 0.312. The van der Waals surface area contributed by atoms with Crippen molar-refractivity contribution in [2.45, 2.75) is 32.9 Å². The van der Waals surface area contributed by atoms with Gasteiger partial charge < -0.3 is 0 Å². The zero-order valence-corrected chi connectivity index (χ0v) is 11.8. The molecule has 0 saturated carbocycles. The molecule has 2 rings (SSSR count). The Morgan fingerprint density at radius 1 is 1.10 bits per heavy atom. The number of nitrogens with zero attached hydrogens (tertiary/aromatic N) is 1. The standard InChI is InChI=1S/C16H15F4N/c1-3-4-11-9-12(5-6-13(11)16(18,19)20)15-8-7-14(17)10(2)21-15/h5-9H,3-4H2,1-2H3. The van der Waals surface area contributed by atoms with Crippen molar-refractivity contribution in [1.82, 2.24) is 4.98 Å². The SMILES string of the molecule is CCCc1cc(-c2ccc(F)c(C)n2)ccc1C(F)(F)F. The van der Waals surface area contributed by atoms with E-state index in [2.05, 4.69) is 4.98 Å². The predicted molar refractivity (Wildman–Crippen MR) is 73.4 cm³/mol. The smallest absolute Gasteiger partial charge is 0.250 e. The van der Waals surface area contributed by atoms with Crippen LogP contribution in [-0.2, 0) is 12.6 Å². The molecular weight excluding hydrogens is 282 g/mol. The van der Waals surface area contributed by atoms with E-state index in [4.69, 9.17) is 0 Å². The number of hydrogen-bond donors (Lipinski definition) is 0. The molecule has 1 aromatic heterocycles. The summed E-state index contributed by atoms with van der Waals surface area (Å²) >= 11 is 0. The van der Waals surface area contributed by atoms with Crippen LogP contribution in [0.2, 0.25) is 0 Å². The number of rotatable bonds is 3. The molecule has 0 aliphatic heterocycles. The zero-order chi connectivity index (χ0) is 15.6. The third kappa shape index (κ3) is 3.40. The largest absolute Gasteiger partial charge is 0.416 e. The summed E-state index contributed by atoms with van der Waals surface area (Å²) < 4.78 is 52.1. The van der Waals surface area contributed by atoms with Crippen LogP contribution >= 0.6 is 0 Å². The fourth-order valence-corrected chi connectivity index (χ4v) is 2.21. The van der Waals surface area contributed by atoms with Crippen LogP contribution in [0.15, 0.2) is 30.3 Å². The Bertz CT molecular complexity index is 647. The average molecular weight is 297 g/mol. The minimum Gasteiger partial charge on any atom is -0.250 e. The zero-order valence-electron chi connectivity index (χ0n) is 11.8. The van der Waals surface area contributed by atoms with Crippen LogP contribution in [0, 0.1) is 12.7 Å². The van der Waals surface area contributed by atoms with E-state index in [1.54, 1.807) is 0 Å². The Balaban J connectivity index is 2.51. The Kier molecular flexibility index (Phi) is 4.30. The molecule has 5 heteroatoms. The molecule has 1 heterocycles. The van der Waals surface area contributed by atoms with Gasteiger partial charge in [0.05, 0.1) is 17.0 Å². The van der Waals surface area contributed by atoms with Crippen molar-refractivity contribution in [3.05, 3.63) is 53.0 Å². The summed E-state index contributed by atoms with van der Waals surface area (Å²) in [4.78, 5) is 4.08. The first kappa shape index (κ1) is 15.5. The minimum absolute atomic E-state index is 0.226. The van der Waals surface area contributed by atoms with Gasteiger partial charge in [0, 0.05) is 5.56 Å². The third-order valence-corrected chi connectivity index (χ3v) is 3.25. The van der Waals surface area contributed by atoms with E-state index in [0.29, 0.717) is 24.1 Å². The molecule has 0 saturated heterocycles. The van der Waals surface area contributed by atoms with Crippen LogP contribution in [0.1, 0.15) is 30.2 Å². The van der Waals surface area contributed by atoms with Crippen molar-refractivity contribution >= 4 is 0 Å². The number of aromatic nitrogens is 1. The highest BCUT2D eigenvalue weighted by Gasteiger charge is 2.33. The fourth-order valence-electron chi connectivity index (χ4n) is 2.21. The van der Waals surface area contributed by atoms with Crippen molar-refractivity contribution < 1.29 is 17.6 Å². The lowest BCUT2D eigenvalue weighted by molar-refractivity contribution is -0.138. The van der Waals surface area contributed by atoms with Crippen molar-refractivity contribution in [2.24, 2.45) is 0 Å². The van der Waals surface area contributed by atoms with Crippen LogP contribution in [0.25, 0.3) is 11.3 Å². The van der Waals surface area contributed by atoms with Gasteiger partial charge in [0.15, 0.2) is 0 Å². The summed E-state index contributed by atoms with van der Waals surface area (Å²) in [6.45, 7) is 3.35. The highest BCUT2D eigenvalue weighted by atomic mass is 19.4. The third-order valence-electron chi connectivity index (χ3n) is 3.25. The van der Waals surface area contributed by atoms with Crippen molar-refractivity contribution in [3.8, 4) is 11.3 Å². The second kappa shape index (κ2) is 5.84. The van der Waals surface area contributed by atoms with E-state index in [9.17, 15) is 17.6 Å². The van der Waals surface area contributed by atoms with Gasteiger partial charge >= 0.3 is 6.18 Å². The second-order valence-electron chi connectivity index (χ2n) is 4.88. The summed E-state index contributed by atoms with van der Waals surface area (Å²) in [7, 11) is 0. The van der Waals surface area contributed by atoms with Gasteiger partial charge in [0.2, 0.25) is 0 Å². The molecule has 112 valence electrons. The monoisotopic (exact) mass is 297 g/mol. The van der Waals surface area contributed by atoms with E-state index in [1.807, 2.05) is 6.92 Å². The van der Waals surface area contributed by atoms with E-state index < -0.39 is 17.6 Å². The quantitative estimate of drug-likeness (QED) is 0.712. The number of benzene rings is 1. The Morgan fingerprint density at radius 3 is 2.38 bits per heavy atom. The summed E-state index contributed by atoms with van der Waals surface area (Å²) in [5.74, 6) is -0.431. The van der Waals surface area contributed by atoms with Gasteiger partial charge in [-0.3, -0.25) is 4.98 Å². The molecule has 0 N–H and O–H groups in total. The molecule has 21 heavy (non-hydrogen) atoms. The van der Waals surface area contributed by atoms with E-state index in [1.165, 1.54) is 31.2 Å². The van der Waals surface area contributed by atoms with E-state index >= 15 is 0 Å². The number of hydrogen-bond acceptors (Lipinski definition) is 1. The number of pyridine rings is 1. The van der Waals surface area contributed by atoms with Gasteiger partial charge in [-0.15, -0.1) is 0 Å². The molecule has 0 aliphatic rings. The number of aryl methyl sites for hydroxylation is 2. The highest BCUT2D eigenvalue weighted by molar-refractivity contribution is 5.61. The first-order valence-corrected chi connectivity index (χ1v) is 6.66. The molecule has 0 amide bonds. The molecule has 0 spiro atoms. The summed E-state index contributed by atoms with van der Waals surface area (Å²) in [5, 5.41) is 0. The second-order valence-corrected chi connectivity index (χ2v) is 4.88. The van der Waals surface area contributed by atoms with Gasteiger partial charge in [-0.05, 0) is 43.2 Å². The normalized spacial score (nSPS) is 11.7. The lowest BCUT2D eigenvalue weighted by Gasteiger charge is -2.14. The van der Waals surface area contributed by atoms with Crippen LogP contribution in [0.5, 0.6) is 0 Å². The topological polar surface area (TPSA) is 12.9 Å². The first-order chi connectivity index (χ1) is 9.82. The summed E-state index contributed by atoms with van der Waals surface area (Å²) in [5.41, 5.74) is 0.886. The molecule has 0 atom stereocenters. The van der Waals surface area contributed by atoms with E-state index in [-0.39, 0.29) is 11.3 Å². The Labute approximate surface area is 120 Å². The minimum atomic E-state index is -4.37. The molecule has 0 fully saturated rings. The van der Waals surface area contributed by atoms with Crippen LogP contribution < -0.4 is 0 Å². The molecule has 0 unspecified atom stereocenters. The molecule has 0 radical (unpaired) electrons. The molecule has 2 aromatic rings. The number of alkyl halides is 3. The van der Waals surface area contributed by atoms with Crippen molar-refractivity contribution in [3.63, 3.8) is 0 Å². The molecular formula is C16H15F4N. The van der Waals surface area contributed by atoms with Crippen molar-refractivity contribution in [1.29, 1.82) is 0 Å². The number of halogens is 4. The lowest BCUT2D eigenvalue weighted by atomic mass is 9.98. The van der Waals surface area contributed by atoms with Gasteiger partial charge in [-0.2, -0.15) is 13.2 Å². The van der Waals surface area contributed by atoms with Crippen molar-refractivity contribution in [2.75, 3.05) is 0 Å². The van der Waals surface area contributed by atoms with Crippen LogP contribution in [0.3, 0.4) is 0 Å². The maximum atomic E-state index is 13.2. The molecule has 1 nitrogen and oxygen atoms in total.